The fourth-order valence-corrected chi connectivity index (χ4v) is 6.07. The second-order valence-electron chi connectivity index (χ2n) is 11.2. The molecule has 3 rings (SSSR count). The Morgan fingerprint density at radius 1 is 1.05 bits per heavy atom. The largest absolute Gasteiger partial charge is 0.318 e. The number of carbonyl (C=O) groups excluding carboxylic acids is 1. The Morgan fingerprint density at radius 3 is 2.23 bits per heavy atom. The molecule has 0 saturated heterocycles. The summed E-state index contributed by atoms with van der Waals surface area (Å²) < 4.78 is 55.7. The van der Waals surface area contributed by atoms with Gasteiger partial charge in [0, 0.05) is 47.8 Å². The number of halogens is 1. The van der Waals surface area contributed by atoms with E-state index in [4.69, 9.17) is 0 Å². The quantitative estimate of drug-likeness (QED) is 0.332. The zero-order valence-corrected chi connectivity index (χ0v) is 25.6. The number of nitrogens with one attached hydrogen (secondary N) is 1. The third-order valence-electron chi connectivity index (χ3n) is 6.60. The third-order valence-corrected chi connectivity index (χ3v) is 9.84. The molecular weight excluding hydrogens is 551 g/mol. The standard InChI is InChI=1S/C30H37FN2O5S2/c1-8-40(37,38)18-20-9-14-23(29(35)21-10-12-22(31)13-11-21)24(15-20)26-17-33(7)27(34)16-25(26)28(19(2)3)32-39(36)30(4,5)6/h9-17,19,28,32H,8,18H2,1-7H3/t28-,39+/m0/s1. The number of ketones is 1. The second kappa shape index (κ2) is 12.3. The number of hydrogen-bond donors (Lipinski definition) is 1. The molecule has 10 heteroatoms. The predicted octanol–water partition coefficient (Wildman–Crippen LogP) is 5.11. The van der Waals surface area contributed by atoms with Crippen molar-refractivity contribution in [2.45, 2.75) is 58.1 Å². The van der Waals surface area contributed by atoms with Crippen LogP contribution < -0.4 is 10.3 Å². The zero-order valence-electron chi connectivity index (χ0n) is 23.9. The number of pyridine rings is 1. The summed E-state index contributed by atoms with van der Waals surface area (Å²) in [7, 11) is -3.26. The van der Waals surface area contributed by atoms with Crippen molar-refractivity contribution in [1.82, 2.24) is 9.29 Å². The molecule has 1 aromatic heterocycles. The normalized spacial score (nSPS) is 13.8. The van der Waals surface area contributed by atoms with Gasteiger partial charge in [-0.25, -0.2) is 21.7 Å². The van der Waals surface area contributed by atoms with Crippen LogP contribution in [0.5, 0.6) is 0 Å². The van der Waals surface area contributed by atoms with Crippen LogP contribution in [0.25, 0.3) is 11.1 Å². The summed E-state index contributed by atoms with van der Waals surface area (Å²) in [5.74, 6) is -1.22. The van der Waals surface area contributed by atoms with E-state index >= 15 is 0 Å². The van der Waals surface area contributed by atoms with E-state index in [9.17, 15) is 26.6 Å². The molecule has 3 aromatic rings. The maximum atomic E-state index is 13.7. The summed E-state index contributed by atoms with van der Waals surface area (Å²) in [6.07, 6.45) is 1.61. The Hall–Kier alpha value is -2.95. The molecule has 1 N–H and O–H groups in total. The van der Waals surface area contributed by atoms with Crippen molar-refractivity contribution < 1.29 is 21.8 Å². The molecule has 216 valence electrons. The molecule has 40 heavy (non-hydrogen) atoms. The van der Waals surface area contributed by atoms with Gasteiger partial charge in [0.25, 0.3) is 5.56 Å². The first-order chi connectivity index (χ1) is 18.5. The summed E-state index contributed by atoms with van der Waals surface area (Å²) >= 11 is 0. The zero-order chi connectivity index (χ0) is 30.0. The first kappa shape index (κ1) is 31.6. The monoisotopic (exact) mass is 588 g/mol. The minimum Gasteiger partial charge on any atom is -0.318 e. The summed E-state index contributed by atoms with van der Waals surface area (Å²) in [5, 5.41) is 0. The van der Waals surface area contributed by atoms with Crippen LogP contribution in [-0.4, -0.2) is 33.5 Å². The average molecular weight is 589 g/mol. The van der Waals surface area contributed by atoms with Gasteiger partial charge < -0.3 is 4.57 Å². The van der Waals surface area contributed by atoms with Crippen molar-refractivity contribution in [2.75, 3.05) is 5.75 Å². The summed E-state index contributed by atoms with van der Waals surface area (Å²) in [6.45, 7) is 11.0. The number of nitrogens with zero attached hydrogens (tertiary/aromatic N) is 1. The number of rotatable bonds is 10. The lowest BCUT2D eigenvalue weighted by Crippen LogP contribution is -2.38. The number of carbonyl (C=O) groups is 1. The van der Waals surface area contributed by atoms with Gasteiger partial charge in [0.15, 0.2) is 15.6 Å². The van der Waals surface area contributed by atoms with Gasteiger partial charge in [-0.05, 0) is 73.7 Å². The molecule has 1 heterocycles. The van der Waals surface area contributed by atoms with Crippen LogP contribution in [0.2, 0.25) is 0 Å². The van der Waals surface area contributed by atoms with E-state index in [1.165, 1.54) is 34.9 Å². The van der Waals surface area contributed by atoms with Crippen LogP contribution in [0.4, 0.5) is 4.39 Å². The van der Waals surface area contributed by atoms with Crippen LogP contribution >= 0.6 is 0 Å². The van der Waals surface area contributed by atoms with Crippen LogP contribution in [0.1, 0.15) is 74.6 Å². The molecule has 0 unspecified atom stereocenters. The van der Waals surface area contributed by atoms with Crippen molar-refractivity contribution >= 4 is 26.6 Å². The van der Waals surface area contributed by atoms with Crippen molar-refractivity contribution in [1.29, 1.82) is 0 Å². The molecule has 0 bridgehead atoms. The SMILES string of the molecule is CCS(=O)(=O)Cc1ccc(C(=O)c2ccc(F)cc2)c(-c2cn(C)c(=O)cc2[C@@H](N[S@](=O)C(C)(C)C)C(C)C)c1. The Morgan fingerprint density at radius 2 is 1.68 bits per heavy atom. The average Bonchev–Trinajstić information content (AvgIpc) is 2.87. The first-order valence-corrected chi connectivity index (χ1v) is 16.0. The van der Waals surface area contributed by atoms with Gasteiger partial charge in [-0.1, -0.05) is 32.9 Å². The first-order valence-electron chi connectivity index (χ1n) is 13.1. The van der Waals surface area contributed by atoms with Crippen LogP contribution in [0, 0.1) is 11.7 Å². The molecule has 0 aliphatic carbocycles. The lowest BCUT2D eigenvalue weighted by molar-refractivity contribution is 0.103. The van der Waals surface area contributed by atoms with Gasteiger partial charge >= 0.3 is 0 Å². The third kappa shape index (κ3) is 7.41. The Balaban J connectivity index is 2.34. The van der Waals surface area contributed by atoms with E-state index in [-0.39, 0.29) is 39.9 Å². The number of benzene rings is 2. The number of sulfone groups is 1. The second-order valence-corrected chi connectivity index (χ2v) is 15.6. The van der Waals surface area contributed by atoms with E-state index in [0.29, 0.717) is 22.3 Å². The molecule has 0 spiro atoms. The summed E-state index contributed by atoms with van der Waals surface area (Å²) in [5.41, 5.74) is 2.22. The minimum absolute atomic E-state index is 0.0400. The van der Waals surface area contributed by atoms with Gasteiger partial charge in [0.2, 0.25) is 0 Å². The Labute approximate surface area is 238 Å². The number of hydrogen-bond acceptors (Lipinski definition) is 5. The van der Waals surface area contributed by atoms with Gasteiger partial charge in [-0.3, -0.25) is 9.59 Å². The van der Waals surface area contributed by atoms with Crippen molar-refractivity contribution in [2.24, 2.45) is 13.0 Å². The predicted molar refractivity (Wildman–Crippen MR) is 159 cm³/mol. The summed E-state index contributed by atoms with van der Waals surface area (Å²) in [4.78, 5) is 26.6. The van der Waals surface area contributed by atoms with Gasteiger partial charge in [0.1, 0.15) is 5.82 Å². The molecule has 7 nitrogen and oxygen atoms in total. The number of aryl methyl sites for hydroxylation is 1. The lowest BCUT2D eigenvalue weighted by atomic mass is 9.87. The van der Waals surface area contributed by atoms with Gasteiger partial charge in [-0.2, -0.15) is 0 Å². The lowest BCUT2D eigenvalue weighted by Gasteiger charge is -2.29. The Kier molecular flexibility index (Phi) is 9.70. The molecule has 0 amide bonds. The molecule has 2 atom stereocenters. The van der Waals surface area contributed by atoms with Crippen molar-refractivity contribution in [3.63, 3.8) is 0 Å². The van der Waals surface area contributed by atoms with Crippen LogP contribution in [0.15, 0.2) is 59.5 Å². The molecule has 2 aromatic carbocycles. The fraction of sp³-hybridized carbons (Fsp3) is 0.400. The highest BCUT2D eigenvalue weighted by Gasteiger charge is 2.29. The van der Waals surface area contributed by atoms with E-state index in [2.05, 4.69) is 4.72 Å². The van der Waals surface area contributed by atoms with E-state index in [1.807, 2.05) is 34.6 Å². The molecule has 0 radical (unpaired) electrons. The highest BCUT2D eigenvalue weighted by Crippen LogP contribution is 2.35. The van der Waals surface area contributed by atoms with Crippen molar-refractivity contribution in [3.05, 3.63) is 93.2 Å². The van der Waals surface area contributed by atoms with Crippen molar-refractivity contribution in [3.8, 4) is 11.1 Å². The maximum absolute atomic E-state index is 13.7. The molecule has 0 fully saturated rings. The topological polar surface area (TPSA) is 102 Å². The van der Waals surface area contributed by atoms with E-state index in [1.54, 1.807) is 38.4 Å². The fourth-order valence-electron chi connectivity index (χ4n) is 4.19. The van der Waals surface area contributed by atoms with Crippen LogP contribution in [0.3, 0.4) is 0 Å². The maximum Gasteiger partial charge on any atom is 0.250 e. The summed E-state index contributed by atoms with van der Waals surface area (Å²) in [6, 6.07) is 11.0. The van der Waals surface area contributed by atoms with E-state index < -0.39 is 37.4 Å². The smallest absolute Gasteiger partial charge is 0.250 e. The van der Waals surface area contributed by atoms with Gasteiger partial charge in [-0.15, -0.1) is 0 Å². The molecule has 0 aliphatic heterocycles. The number of aromatic nitrogens is 1. The van der Waals surface area contributed by atoms with E-state index in [0.717, 1.165) is 0 Å². The molecule has 0 aliphatic rings. The van der Waals surface area contributed by atoms with Crippen LogP contribution in [-0.2, 0) is 33.6 Å². The van der Waals surface area contributed by atoms with Gasteiger partial charge in [0.05, 0.1) is 21.5 Å². The minimum atomic E-state index is -3.38. The Bertz CT molecular complexity index is 1590. The highest BCUT2D eigenvalue weighted by atomic mass is 32.2. The molecule has 0 saturated carbocycles. The highest BCUT2D eigenvalue weighted by molar-refractivity contribution is 7.90. The molecular formula is C30H37FN2O5S2.